The molecular formula is C16H13N3O2S. The average Bonchev–Trinajstić information content (AvgIpc) is 3.25. The van der Waals surface area contributed by atoms with Gasteiger partial charge in [-0.3, -0.25) is 0 Å². The van der Waals surface area contributed by atoms with Gasteiger partial charge in [0.1, 0.15) is 4.88 Å². The van der Waals surface area contributed by atoms with Crippen LogP contribution in [0.3, 0.4) is 0 Å². The van der Waals surface area contributed by atoms with E-state index in [0.29, 0.717) is 10.4 Å². The van der Waals surface area contributed by atoms with Crippen LogP contribution in [-0.2, 0) is 4.84 Å². The topological polar surface area (TPSA) is 69.6 Å². The van der Waals surface area contributed by atoms with E-state index in [4.69, 9.17) is 10.6 Å². The molecule has 0 aliphatic rings. The average molecular weight is 311 g/mol. The zero-order valence-corrected chi connectivity index (χ0v) is 12.4. The lowest BCUT2D eigenvalue weighted by atomic mass is 10.2. The molecule has 110 valence electrons. The summed E-state index contributed by atoms with van der Waals surface area (Å²) in [5, 5.41) is 5.51. The summed E-state index contributed by atoms with van der Waals surface area (Å²) in [6.07, 6.45) is 3.87. The lowest BCUT2D eigenvalue weighted by Crippen LogP contribution is -2.15. The highest BCUT2D eigenvalue weighted by Crippen LogP contribution is 2.12. The van der Waals surface area contributed by atoms with E-state index >= 15 is 0 Å². The molecule has 6 heteroatoms. The summed E-state index contributed by atoms with van der Waals surface area (Å²) < 4.78 is 1.95. The number of carbonyl (C=O) groups is 1. The van der Waals surface area contributed by atoms with Crippen LogP contribution in [0.25, 0.3) is 5.69 Å². The number of amidine groups is 1. The first-order chi connectivity index (χ1) is 10.7. The monoisotopic (exact) mass is 311 g/mol. The first-order valence-corrected chi connectivity index (χ1v) is 7.44. The van der Waals surface area contributed by atoms with Crippen molar-refractivity contribution in [2.75, 3.05) is 0 Å². The Labute approximate surface area is 131 Å². The normalized spacial score (nSPS) is 11.4. The number of thiophene rings is 1. The van der Waals surface area contributed by atoms with E-state index in [1.807, 2.05) is 53.4 Å². The number of nitrogens with two attached hydrogens (primary N) is 1. The first kappa shape index (κ1) is 14.1. The van der Waals surface area contributed by atoms with Gasteiger partial charge in [0.05, 0.1) is 0 Å². The number of nitrogens with zero attached hydrogens (tertiary/aromatic N) is 2. The molecule has 0 saturated carbocycles. The number of aromatic nitrogens is 1. The van der Waals surface area contributed by atoms with Crippen LogP contribution in [0.5, 0.6) is 0 Å². The number of rotatable bonds is 4. The third kappa shape index (κ3) is 3.07. The van der Waals surface area contributed by atoms with Crippen molar-refractivity contribution in [2.24, 2.45) is 10.9 Å². The summed E-state index contributed by atoms with van der Waals surface area (Å²) in [5.41, 5.74) is 7.52. The first-order valence-electron chi connectivity index (χ1n) is 6.56. The van der Waals surface area contributed by atoms with Gasteiger partial charge >= 0.3 is 5.97 Å². The van der Waals surface area contributed by atoms with Gasteiger partial charge in [-0.15, -0.1) is 11.3 Å². The van der Waals surface area contributed by atoms with E-state index in [1.165, 1.54) is 11.3 Å². The summed E-state index contributed by atoms with van der Waals surface area (Å²) >= 11 is 1.29. The van der Waals surface area contributed by atoms with Gasteiger partial charge < -0.3 is 15.1 Å². The van der Waals surface area contributed by atoms with Crippen molar-refractivity contribution in [1.82, 2.24) is 4.57 Å². The molecule has 3 aromatic rings. The van der Waals surface area contributed by atoms with Gasteiger partial charge in [0.15, 0.2) is 5.84 Å². The molecule has 0 aliphatic carbocycles. The van der Waals surface area contributed by atoms with Crippen LogP contribution in [0.15, 0.2) is 71.5 Å². The van der Waals surface area contributed by atoms with E-state index in [2.05, 4.69) is 5.16 Å². The Bertz CT molecular complexity index is 793. The molecule has 0 bridgehead atoms. The van der Waals surface area contributed by atoms with E-state index in [0.717, 1.165) is 5.69 Å². The smallest absolute Gasteiger partial charge is 0.375 e. The molecule has 3 rings (SSSR count). The Morgan fingerprint density at radius 3 is 2.68 bits per heavy atom. The predicted molar refractivity (Wildman–Crippen MR) is 86.2 cm³/mol. The Morgan fingerprint density at radius 2 is 1.95 bits per heavy atom. The van der Waals surface area contributed by atoms with Gasteiger partial charge in [0, 0.05) is 23.6 Å². The molecule has 22 heavy (non-hydrogen) atoms. The Kier molecular flexibility index (Phi) is 4.02. The minimum Gasteiger partial charge on any atom is -0.380 e. The highest BCUT2D eigenvalue weighted by molar-refractivity contribution is 7.11. The fourth-order valence-electron chi connectivity index (χ4n) is 1.92. The molecule has 2 aromatic heterocycles. The van der Waals surface area contributed by atoms with Gasteiger partial charge in [-0.2, -0.15) is 0 Å². The van der Waals surface area contributed by atoms with Crippen molar-refractivity contribution in [2.45, 2.75) is 0 Å². The van der Waals surface area contributed by atoms with Crippen LogP contribution in [-0.4, -0.2) is 16.4 Å². The van der Waals surface area contributed by atoms with Crippen molar-refractivity contribution >= 4 is 23.1 Å². The van der Waals surface area contributed by atoms with Crippen LogP contribution < -0.4 is 5.73 Å². The molecule has 2 N–H and O–H groups in total. The molecule has 0 unspecified atom stereocenters. The maximum absolute atomic E-state index is 11.7. The van der Waals surface area contributed by atoms with E-state index in [9.17, 15) is 4.79 Å². The Morgan fingerprint density at radius 1 is 1.14 bits per heavy atom. The number of carbonyl (C=O) groups excluding carboxylic acids is 1. The molecule has 0 radical (unpaired) electrons. The van der Waals surface area contributed by atoms with Crippen molar-refractivity contribution in [3.05, 3.63) is 76.7 Å². The summed E-state index contributed by atoms with van der Waals surface area (Å²) in [6, 6.07) is 14.8. The molecule has 0 saturated heterocycles. The molecule has 5 nitrogen and oxygen atoms in total. The third-order valence-corrected chi connectivity index (χ3v) is 3.84. The third-order valence-electron chi connectivity index (χ3n) is 2.99. The van der Waals surface area contributed by atoms with Crippen molar-refractivity contribution in [3.8, 4) is 5.69 Å². The zero-order chi connectivity index (χ0) is 15.4. The molecule has 1 aromatic carbocycles. The van der Waals surface area contributed by atoms with Crippen LogP contribution >= 0.6 is 11.3 Å². The number of hydrogen-bond acceptors (Lipinski definition) is 4. The number of benzene rings is 1. The van der Waals surface area contributed by atoms with Gasteiger partial charge in [0.2, 0.25) is 0 Å². The zero-order valence-electron chi connectivity index (χ0n) is 11.5. The number of hydrogen-bond donors (Lipinski definition) is 1. The maximum Gasteiger partial charge on any atom is 0.375 e. The highest BCUT2D eigenvalue weighted by Gasteiger charge is 2.09. The SMILES string of the molecule is N/C(=N/OC(=O)c1cccs1)c1cccc(-n2cccc2)c1. The molecule has 0 amide bonds. The predicted octanol–water partition coefficient (Wildman–Crippen LogP) is 3.02. The fraction of sp³-hybridized carbons (Fsp3) is 0. The van der Waals surface area contributed by atoms with Crippen molar-refractivity contribution in [1.29, 1.82) is 0 Å². The van der Waals surface area contributed by atoms with Gasteiger partial charge in [0.25, 0.3) is 0 Å². The lowest BCUT2D eigenvalue weighted by Gasteiger charge is -2.05. The van der Waals surface area contributed by atoms with Crippen molar-refractivity contribution in [3.63, 3.8) is 0 Å². The van der Waals surface area contributed by atoms with E-state index in [1.54, 1.807) is 17.5 Å². The second-order valence-corrected chi connectivity index (χ2v) is 5.42. The van der Waals surface area contributed by atoms with Crippen LogP contribution in [0.4, 0.5) is 0 Å². The highest BCUT2D eigenvalue weighted by atomic mass is 32.1. The summed E-state index contributed by atoms with van der Waals surface area (Å²) in [7, 11) is 0. The standard InChI is InChI=1S/C16H13N3O2S/c17-15(18-21-16(20)14-7-4-10-22-14)12-5-3-6-13(11-12)19-8-1-2-9-19/h1-11H,(H2,17,18). The van der Waals surface area contributed by atoms with E-state index in [-0.39, 0.29) is 5.84 Å². The molecule has 0 fully saturated rings. The molecule has 0 spiro atoms. The molecule has 2 heterocycles. The summed E-state index contributed by atoms with van der Waals surface area (Å²) in [6.45, 7) is 0. The minimum absolute atomic E-state index is 0.152. The number of oxime groups is 1. The Hall–Kier alpha value is -2.86. The lowest BCUT2D eigenvalue weighted by molar-refractivity contribution is 0.0522. The molecule has 0 aliphatic heterocycles. The maximum atomic E-state index is 11.7. The van der Waals surface area contributed by atoms with Crippen LogP contribution in [0.1, 0.15) is 15.2 Å². The largest absolute Gasteiger partial charge is 0.380 e. The molecular weight excluding hydrogens is 298 g/mol. The fourth-order valence-corrected chi connectivity index (χ4v) is 2.51. The van der Waals surface area contributed by atoms with Gasteiger partial charge in [-0.05, 0) is 35.7 Å². The second-order valence-electron chi connectivity index (χ2n) is 4.47. The Balaban J connectivity index is 1.77. The van der Waals surface area contributed by atoms with Crippen molar-refractivity contribution < 1.29 is 9.63 Å². The molecule has 0 atom stereocenters. The summed E-state index contributed by atoms with van der Waals surface area (Å²) in [5.74, 6) is -0.363. The quantitative estimate of drug-likeness (QED) is 0.348. The van der Waals surface area contributed by atoms with E-state index < -0.39 is 5.97 Å². The van der Waals surface area contributed by atoms with Crippen LogP contribution in [0.2, 0.25) is 0 Å². The van der Waals surface area contributed by atoms with Gasteiger partial charge in [-0.1, -0.05) is 23.4 Å². The second kappa shape index (κ2) is 6.28. The summed E-state index contributed by atoms with van der Waals surface area (Å²) in [4.78, 5) is 17.1. The minimum atomic E-state index is -0.514. The van der Waals surface area contributed by atoms with Gasteiger partial charge in [-0.25, -0.2) is 4.79 Å². The van der Waals surface area contributed by atoms with Crippen LogP contribution in [0, 0.1) is 0 Å².